The third-order valence-electron chi connectivity index (χ3n) is 6.81. The van der Waals surface area contributed by atoms with Gasteiger partial charge in [0, 0.05) is 11.3 Å². The van der Waals surface area contributed by atoms with Crippen LogP contribution in [0.2, 0.25) is 0 Å². The van der Waals surface area contributed by atoms with E-state index in [9.17, 15) is 19.6 Å². The van der Waals surface area contributed by atoms with Crippen LogP contribution in [0.15, 0.2) is 71.0 Å². The van der Waals surface area contributed by atoms with Crippen molar-refractivity contribution in [1.82, 2.24) is 16.1 Å². The van der Waals surface area contributed by atoms with Crippen LogP contribution in [-0.4, -0.2) is 51.6 Å². The Morgan fingerprint density at radius 3 is 2.55 bits per heavy atom. The quantitative estimate of drug-likeness (QED) is 0.0987. The van der Waals surface area contributed by atoms with Crippen LogP contribution in [0.25, 0.3) is 0 Å². The molecule has 3 N–H and O–H groups in total. The number of methoxy groups -OCH3 is 2. The summed E-state index contributed by atoms with van der Waals surface area (Å²) < 4.78 is 28.5. The van der Waals surface area contributed by atoms with Crippen molar-refractivity contribution in [2.24, 2.45) is 5.10 Å². The third kappa shape index (κ3) is 8.70. The number of hydrogen-bond acceptors (Lipinski definition) is 10. The summed E-state index contributed by atoms with van der Waals surface area (Å²) in [6.45, 7) is 3.30. The van der Waals surface area contributed by atoms with Gasteiger partial charge in [-0.3, -0.25) is 4.79 Å². The average molecular weight is 754 g/mol. The summed E-state index contributed by atoms with van der Waals surface area (Å²) in [5.74, 6) is 0.436. The Balaban J connectivity index is 1.38. The number of halogens is 1. The first-order chi connectivity index (χ1) is 22.7. The standard InChI is InChI=1S/C33H32IN5O8/c1-5-45-32(41)29-19(2)37-33(42)38-30(29)21-10-11-25(26(14-21)43-3)46-18-28(40)39-36-16-20-12-24(34)31(27(13-20)44-4)47-17-23-9-7-6-8-22(23)15-35/h6-14,16,30H,5,17-18H2,1-4H3,(H,39,40)(H2,37,38,42)/b36-16-/t30-/m0/s1. The Morgan fingerprint density at radius 1 is 1.06 bits per heavy atom. The predicted octanol–water partition coefficient (Wildman–Crippen LogP) is 4.48. The Kier molecular flexibility index (Phi) is 12.0. The van der Waals surface area contributed by atoms with Gasteiger partial charge in [0.15, 0.2) is 29.6 Å². The largest absolute Gasteiger partial charge is 0.493 e. The summed E-state index contributed by atoms with van der Waals surface area (Å²) in [5.41, 5.74) is 5.54. The van der Waals surface area contributed by atoms with Crippen molar-refractivity contribution >= 4 is 46.7 Å². The summed E-state index contributed by atoms with van der Waals surface area (Å²) in [7, 11) is 2.95. The van der Waals surface area contributed by atoms with E-state index >= 15 is 0 Å². The molecule has 0 saturated heterocycles. The molecule has 13 nitrogen and oxygen atoms in total. The number of carbonyl (C=O) groups is 3. The van der Waals surface area contributed by atoms with Crippen molar-refractivity contribution < 1.29 is 38.1 Å². The van der Waals surface area contributed by atoms with E-state index < -0.39 is 23.9 Å². The van der Waals surface area contributed by atoms with Crippen LogP contribution >= 0.6 is 22.6 Å². The third-order valence-corrected chi connectivity index (χ3v) is 7.61. The molecular weight excluding hydrogens is 721 g/mol. The molecule has 0 aromatic heterocycles. The molecule has 0 unspecified atom stereocenters. The van der Waals surface area contributed by atoms with E-state index in [4.69, 9.17) is 23.7 Å². The van der Waals surface area contributed by atoms with Crippen LogP contribution in [-0.2, 0) is 20.9 Å². The topological polar surface area (TPSA) is 170 Å². The minimum atomic E-state index is -0.786. The molecule has 0 fully saturated rings. The smallest absolute Gasteiger partial charge is 0.338 e. The van der Waals surface area contributed by atoms with Crippen LogP contribution in [0.1, 0.15) is 42.1 Å². The molecule has 0 spiro atoms. The second kappa shape index (κ2) is 16.3. The number of nitriles is 1. The van der Waals surface area contributed by atoms with Gasteiger partial charge in [0.25, 0.3) is 5.91 Å². The summed E-state index contributed by atoms with van der Waals surface area (Å²) in [5, 5.41) is 18.7. The maximum atomic E-state index is 12.6. The lowest BCUT2D eigenvalue weighted by molar-refractivity contribution is -0.139. The van der Waals surface area contributed by atoms with Crippen LogP contribution in [0.5, 0.6) is 23.0 Å². The minimum absolute atomic E-state index is 0.175. The number of nitrogens with zero attached hydrogens (tertiary/aromatic N) is 2. The highest BCUT2D eigenvalue weighted by molar-refractivity contribution is 14.1. The monoisotopic (exact) mass is 753 g/mol. The Bertz CT molecular complexity index is 1770. The fraction of sp³-hybridized carbons (Fsp3) is 0.242. The van der Waals surface area contributed by atoms with Gasteiger partial charge in [0.2, 0.25) is 0 Å². The molecule has 14 heteroatoms. The lowest BCUT2D eigenvalue weighted by Gasteiger charge is -2.28. The fourth-order valence-corrected chi connectivity index (χ4v) is 5.40. The number of allylic oxidation sites excluding steroid dienone is 1. The molecule has 0 saturated carbocycles. The average Bonchev–Trinajstić information content (AvgIpc) is 3.06. The summed E-state index contributed by atoms with van der Waals surface area (Å²) >= 11 is 2.11. The van der Waals surface area contributed by atoms with E-state index in [2.05, 4.69) is 49.8 Å². The molecule has 3 aromatic rings. The Morgan fingerprint density at radius 2 is 1.83 bits per heavy atom. The number of urea groups is 1. The van der Waals surface area contributed by atoms with Crippen molar-refractivity contribution in [3.63, 3.8) is 0 Å². The lowest BCUT2D eigenvalue weighted by Crippen LogP contribution is -2.45. The van der Waals surface area contributed by atoms with Crippen molar-refractivity contribution in [3.05, 3.63) is 91.7 Å². The molecule has 0 bridgehead atoms. The molecule has 1 heterocycles. The van der Waals surface area contributed by atoms with Gasteiger partial charge in [-0.15, -0.1) is 0 Å². The van der Waals surface area contributed by atoms with E-state index in [0.717, 1.165) is 9.13 Å². The van der Waals surface area contributed by atoms with E-state index in [0.29, 0.717) is 33.9 Å². The van der Waals surface area contributed by atoms with E-state index in [-0.39, 0.29) is 36.9 Å². The summed E-state index contributed by atoms with van der Waals surface area (Å²) in [6, 6.07) is 16.5. The van der Waals surface area contributed by atoms with Gasteiger partial charge in [-0.2, -0.15) is 10.4 Å². The van der Waals surface area contributed by atoms with Gasteiger partial charge in [0.05, 0.1) is 53.9 Å². The second-order valence-corrected chi connectivity index (χ2v) is 11.0. The molecule has 0 aliphatic carbocycles. The van der Waals surface area contributed by atoms with Gasteiger partial charge >= 0.3 is 12.0 Å². The van der Waals surface area contributed by atoms with Crippen LogP contribution in [0, 0.1) is 14.9 Å². The number of nitrogens with one attached hydrogen (secondary N) is 3. The number of benzene rings is 3. The molecule has 47 heavy (non-hydrogen) atoms. The highest BCUT2D eigenvalue weighted by atomic mass is 127. The van der Waals surface area contributed by atoms with Crippen molar-refractivity contribution in [2.75, 3.05) is 27.4 Å². The first-order valence-electron chi connectivity index (χ1n) is 14.2. The van der Waals surface area contributed by atoms with E-state index in [1.165, 1.54) is 20.4 Å². The number of carbonyl (C=O) groups excluding carboxylic acids is 3. The molecule has 3 aromatic carbocycles. The first kappa shape index (κ1) is 34.6. The maximum Gasteiger partial charge on any atom is 0.338 e. The second-order valence-electron chi connectivity index (χ2n) is 9.87. The first-order valence-corrected chi connectivity index (χ1v) is 15.3. The zero-order valence-corrected chi connectivity index (χ0v) is 28.2. The van der Waals surface area contributed by atoms with Gasteiger partial charge in [-0.25, -0.2) is 15.0 Å². The highest BCUT2D eigenvalue weighted by Crippen LogP contribution is 2.36. The number of ether oxygens (including phenoxy) is 5. The van der Waals surface area contributed by atoms with Gasteiger partial charge in [0.1, 0.15) is 6.61 Å². The number of esters is 1. The van der Waals surface area contributed by atoms with Crippen LogP contribution in [0.3, 0.4) is 0 Å². The molecule has 1 aliphatic rings. The molecule has 1 aliphatic heterocycles. The van der Waals surface area contributed by atoms with Crippen molar-refractivity contribution in [3.8, 4) is 29.1 Å². The predicted molar refractivity (Wildman–Crippen MR) is 179 cm³/mol. The number of rotatable bonds is 13. The van der Waals surface area contributed by atoms with E-state index in [1.807, 2.05) is 18.2 Å². The number of hydrogen-bond donors (Lipinski definition) is 3. The SMILES string of the molecule is CCOC(=O)C1=C(C)NC(=O)N[C@H]1c1ccc(OCC(=O)N/N=C\c2cc(I)c(OCc3ccccc3C#N)c(OC)c2)c(OC)c1. The van der Waals surface area contributed by atoms with Crippen LogP contribution < -0.4 is 35.0 Å². The highest BCUT2D eigenvalue weighted by Gasteiger charge is 2.32. The van der Waals surface area contributed by atoms with Crippen LogP contribution in [0.4, 0.5) is 4.79 Å². The normalized spacial score (nSPS) is 14.0. The van der Waals surface area contributed by atoms with Gasteiger partial charge in [-0.05, 0) is 77.9 Å². The zero-order valence-electron chi connectivity index (χ0n) is 26.0. The zero-order chi connectivity index (χ0) is 33.9. The molecule has 0 radical (unpaired) electrons. The number of hydrazone groups is 1. The van der Waals surface area contributed by atoms with E-state index in [1.54, 1.807) is 50.2 Å². The summed E-state index contributed by atoms with van der Waals surface area (Å²) in [6.07, 6.45) is 1.46. The fourth-order valence-electron chi connectivity index (χ4n) is 4.62. The number of amides is 3. The molecule has 1 atom stereocenters. The Labute approximate surface area is 285 Å². The lowest BCUT2D eigenvalue weighted by atomic mass is 9.95. The minimum Gasteiger partial charge on any atom is -0.493 e. The molecule has 244 valence electrons. The van der Waals surface area contributed by atoms with Gasteiger partial charge in [-0.1, -0.05) is 24.3 Å². The Hall–Kier alpha value is -5.30. The molecule has 3 amide bonds. The van der Waals surface area contributed by atoms with Gasteiger partial charge < -0.3 is 34.3 Å². The summed E-state index contributed by atoms with van der Waals surface area (Å²) in [4.78, 5) is 37.3. The maximum absolute atomic E-state index is 12.6. The molecular formula is C33H32IN5O8. The van der Waals surface area contributed by atoms with Crippen molar-refractivity contribution in [2.45, 2.75) is 26.5 Å². The molecule has 4 rings (SSSR count). The van der Waals surface area contributed by atoms with Crippen molar-refractivity contribution in [1.29, 1.82) is 5.26 Å².